The third kappa shape index (κ3) is 6.03. The number of hydrogen-bond donors (Lipinski definition) is 3. The van der Waals surface area contributed by atoms with Gasteiger partial charge in [0.15, 0.2) is 0 Å². The molecule has 0 saturated carbocycles. The van der Waals surface area contributed by atoms with Gasteiger partial charge in [0.2, 0.25) is 0 Å². The minimum absolute atomic E-state index is 0.168. The summed E-state index contributed by atoms with van der Waals surface area (Å²) in [5.74, 6) is 1.73. The number of nitrogens with zero attached hydrogens (tertiary/aromatic N) is 2. The maximum Gasteiger partial charge on any atom is 0.315 e. The number of morpholine rings is 1. The number of aromatic nitrogens is 2. The van der Waals surface area contributed by atoms with Gasteiger partial charge in [0.25, 0.3) is 0 Å². The Morgan fingerprint density at radius 3 is 2.69 bits per heavy atom. The number of benzene rings is 2. The number of para-hydroxylation sites is 2. The lowest BCUT2D eigenvalue weighted by Gasteiger charge is -2.27. The van der Waals surface area contributed by atoms with Crippen molar-refractivity contribution in [3.63, 3.8) is 0 Å². The lowest BCUT2D eigenvalue weighted by atomic mass is 10.1. The van der Waals surface area contributed by atoms with Gasteiger partial charge in [-0.1, -0.05) is 36.4 Å². The normalized spacial score (nSPS) is 15.5. The van der Waals surface area contributed by atoms with Crippen LogP contribution in [0.4, 0.5) is 4.79 Å². The summed E-state index contributed by atoms with van der Waals surface area (Å²) >= 11 is 1.76. The second-order valence-corrected chi connectivity index (χ2v) is 8.94. The molecular formula is C24H31N5O2S. The fourth-order valence-electron chi connectivity index (χ4n) is 3.92. The molecule has 0 aliphatic carbocycles. The monoisotopic (exact) mass is 453 g/mol. The summed E-state index contributed by atoms with van der Waals surface area (Å²) in [6.07, 6.45) is 2.88. The number of fused-ring (bicyclic) bond motifs is 1. The molecule has 2 aromatic carbocycles. The minimum atomic E-state index is -0.183. The molecule has 170 valence electrons. The summed E-state index contributed by atoms with van der Waals surface area (Å²) < 4.78 is 5.45. The number of imidazole rings is 1. The lowest BCUT2D eigenvalue weighted by Crippen LogP contribution is -2.39. The van der Waals surface area contributed by atoms with E-state index in [1.807, 2.05) is 30.3 Å². The molecule has 4 rings (SSSR count). The molecule has 2 amide bonds. The van der Waals surface area contributed by atoms with E-state index >= 15 is 0 Å². The van der Waals surface area contributed by atoms with Gasteiger partial charge >= 0.3 is 6.03 Å². The standard InChI is InChI=1S/C24H31N5O2S/c1-32-15-10-22(23-26-20-8-4-5-9-21(20)27-23)28-24(30)25-16-18-6-2-3-7-19(18)17-29-11-13-31-14-12-29/h2-9,22H,10-17H2,1H3,(H,26,27)(H2,25,28,30)/t22-/m1/s1. The number of ether oxygens (including phenoxy) is 1. The number of nitrogens with one attached hydrogen (secondary N) is 3. The molecule has 3 aromatic rings. The van der Waals surface area contributed by atoms with Crippen molar-refractivity contribution in [2.24, 2.45) is 0 Å². The largest absolute Gasteiger partial charge is 0.379 e. The Labute approximate surface area is 193 Å². The van der Waals surface area contributed by atoms with E-state index in [0.29, 0.717) is 6.54 Å². The molecule has 0 unspecified atom stereocenters. The zero-order valence-corrected chi connectivity index (χ0v) is 19.3. The van der Waals surface area contributed by atoms with Crippen LogP contribution in [-0.4, -0.2) is 59.2 Å². The van der Waals surface area contributed by atoms with Crippen LogP contribution in [0, 0.1) is 0 Å². The molecule has 1 fully saturated rings. The number of rotatable bonds is 9. The maximum atomic E-state index is 12.8. The number of H-pyrrole nitrogens is 1. The molecule has 1 aliphatic rings. The summed E-state index contributed by atoms with van der Waals surface area (Å²) in [5.41, 5.74) is 4.27. The molecule has 3 N–H and O–H groups in total. The van der Waals surface area contributed by atoms with E-state index in [4.69, 9.17) is 9.72 Å². The molecule has 8 heteroatoms. The predicted molar refractivity (Wildman–Crippen MR) is 130 cm³/mol. The summed E-state index contributed by atoms with van der Waals surface area (Å²) in [6.45, 7) is 4.80. The summed E-state index contributed by atoms with van der Waals surface area (Å²) in [4.78, 5) is 23.2. The summed E-state index contributed by atoms with van der Waals surface area (Å²) in [5, 5.41) is 6.16. The van der Waals surface area contributed by atoms with E-state index in [1.54, 1.807) is 11.8 Å². The van der Waals surface area contributed by atoms with Crippen LogP contribution in [-0.2, 0) is 17.8 Å². The third-order valence-corrected chi connectivity index (χ3v) is 6.35. The quantitative estimate of drug-likeness (QED) is 0.460. The van der Waals surface area contributed by atoms with Crippen molar-refractivity contribution in [2.45, 2.75) is 25.6 Å². The van der Waals surface area contributed by atoms with E-state index in [1.165, 1.54) is 5.56 Å². The molecule has 1 aromatic heterocycles. The highest BCUT2D eigenvalue weighted by atomic mass is 32.2. The number of amides is 2. The Hall–Kier alpha value is -2.55. The van der Waals surface area contributed by atoms with E-state index in [-0.39, 0.29) is 12.1 Å². The highest BCUT2D eigenvalue weighted by Crippen LogP contribution is 2.20. The Balaban J connectivity index is 1.38. The van der Waals surface area contributed by atoms with Crippen LogP contribution < -0.4 is 10.6 Å². The molecule has 32 heavy (non-hydrogen) atoms. The van der Waals surface area contributed by atoms with Crippen LogP contribution in [0.15, 0.2) is 48.5 Å². The molecule has 1 saturated heterocycles. The summed E-state index contributed by atoms with van der Waals surface area (Å²) in [6, 6.07) is 15.9. The van der Waals surface area contributed by atoms with Crippen LogP contribution in [0.2, 0.25) is 0 Å². The SMILES string of the molecule is CSCC[C@@H](NC(=O)NCc1ccccc1CN1CCOCC1)c1nc2ccccc2[nH]1. The first-order valence-electron chi connectivity index (χ1n) is 11.1. The van der Waals surface area contributed by atoms with Gasteiger partial charge in [-0.15, -0.1) is 0 Å². The first-order valence-corrected chi connectivity index (χ1v) is 12.5. The lowest BCUT2D eigenvalue weighted by molar-refractivity contribution is 0.0341. The molecular weight excluding hydrogens is 422 g/mol. The van der Waals surface area contributed by atoms with Crippen LogP contribution in [0.3, 0.4) is 0 Å². The second kappa shape index (κ2) is 11.4. The topological polar surface area (TPSA) is 82.3 Å². The maximum absolute atomic E-state index is 12.8. The number of aromatic amines is 1. The van der Waals surface area contributed by atoms with Crippen molar-refractivity contribution in [3.8, 4) is 0 Å². The Bertz CT molecular complexity index is 985. The average Bonchev–Trinajstić information content (AvgIpc) is 3.26. The number of hydrogen-bond acceptors (Lipinski definition) is 5. The van der Waals surface area contributed by atoms with Gasteiger partial charge in [-0.3, -0.25) is 4.90 Å². The number of urea groups is 1. The van der Waals surface area contributed by atoms with Crippen molar-refractivity contribution in [1.82, 2.24) is 25.5 Å². The van der Waals surface area contributed by atoms with Crippen LogP contribution in [0.25, 0.3) is 11.0 Å². The van der Waals surface area contributed by atoms with Crippen molar-refractivity contribution < 1.29 is 9.53 Å². The minimum Gasteiger partial charge on any atom is -0.379 e. The fourth-order valence-corrected chi connectivity index (χ4v) is 4.39. The molecule has 1 atom stereocenters. The van der Waals surface area contributed by atoms with Gasteiger partial charge in [-0.05, 0) is 41.7 Å². The predicted octanol–water partition coefficient (Wildman–Crippen LogP) is 3.69. The van der Waals surface area contributed by atoms with Gasteiger partial charge in [0.05, 0.1) is 30.3 Å². The van der Waals surface area contributed by atoms with Gasteiger partial charge in [-0.2, -0.15) is 11.8 Å². The van der Waals surface area contributed by atoms with Gasteiger partial charge in [0.1, 0.15) is 5.82 Å². The number of thioether (sulfide) groups is 1. The highest BCUT2D eigenvalue weighted by Gasteiger charge is 2.19. The first kappa shape index (κ1) is 22.6. The van der Waals surface area contributed by atoms with Crippen molar-refractivity contribution in [3.05, 3.63) is 65.5 Å². The van der Waals surface area contributed by atoms with E-state index in [2.05, 4.69) is 45.0 Å². The first-order chi connectivity index (χ1) is 15.7. The Morgan fingerprint density at radius 2 is 1.91 bits per heavy atom. The second-order valence-electron chi connectivity index (χ2n) is 7.96. The van der Waals surface area contributed by atoms with Crippen LogP contribution >= 0.6 is 11.8 Å². The van der Waals surface area contributed by atoms with Crippen LogP contribution in [0.1, 0.15) is 29.4 Å². The molecule has 0 spiro atoms. The highest BCUT2D eigenvalue weighted by molar-refractivity contribution is 7.98. The zero-order chi connectivity index (χ0) is 22.2. The van der Waals surface area contributed by atoms with Crippen molar-refractivity contribution >= 4 is 28.8 Å². The van der Waals surface area contributed by atoms with Crippen LogP contribution in [0.5, 0.6) is 0 Å². The van der Waals surface area contributed by atoms with E-state index < -0.39 is 0 Å². The van der Waals surface area contributed by atoms with Crippen molar-refractivity contribution in [1.29, 1.82) is 0 Å². The van der Waals surface area contributed by atoms with E-state index in [0.717, 1.165) is 67.4 Å². The number of carbonyl (C=O) groups excluding carboxylic acids is 1. The number of carbonyl (C=O) groups is 1. The third-order valence-electron chi connectivity index (χ3n) is 5.71. The Morgan fingerprint density at radius 1 is 1.16 bits per heavy atom. The average molecular weight is 454 g/mol. The molecule has 7 nitrogen and oxygen atoms in total. The summed E-state index contributed by atoms with van der Waals surface area (Å²) in [7, 11) is 0. The van der Waals surface area contributed by atoms with Gasteiger partial charge in [-0.25, -0.2) is 9.78 Å². The Kier molecular flexibility index (Phi) is 8.03. The molecule has 2 heterocycles. The smallest absolute Gasteiger partial charge is 0.315 e. The molecule has 1 aliphatic heterocycles. The van der Waals surface area contributed by atoms with E-state index in [9.17, 15) is 4.79 Å². The van der Waals surface area contributed by atoms with Gasteiger partial charge in [0, 0.05) is 26.2 Å². The molecule has 0 bridgehead atoms. The fraction of sp³-hybridized carbons (Fsp3) is 0.417. The van der Waals surface area contributed by atoms with Gasteiger partial charge < -0.3 is 20.4 Å². The van der Waals surface area contributed by atoms with Crippen molar-refractivity contribution in [2.75, 3.05) is 38.3 Å². The zero-order valence-electron chi connectivity index (χ0n) is 18.5. The molecule has 0 radical (unpaired) electrons.